The molecule has 4 heteroatoms. The summed E-state index contributed by atoms with van der Waals surface area (Å²) in [4.78, 5) is 0. The van der Waals surface area contributed by atoms with E-state index in [1.165, 1.54) is 27.8 Å². The first-order chi connectivity index (χ1) is 11.1. The second kappa shape index (κ2) is 12.6. The molecule has 1 aliphatic rings. The fourth-order valence-electron chi connectivity index (χ4n) is 2.47. The minimum absolute atomic E-state index is 0. The maximum absolute atomic E-state index is 3.30. The summed E-state index contributed by atoms with van der Waals surface area (Å²) in [6, 6.07) is 26.3. The molecule has 0 bridgehead atoms. The maximum atomic E-state index is 3.30. The monoisotopic (exact) mass is 420 g/mol. The second-order valence-corrected chi connectivity index (χ2v) is 12.5. The molecular formula is C21H22Cl2SiTi-2. The molecule has 0 heterocycles. The Morgan fingerprint density at radius 1 is 0.960 bits per heavy atom. The summed E-state index contributed by atoms with van der Waals surface area (Å²) in [7, 11) is 0. The van der Waals surface area contributed by atoms with Crippen molar-refractivity contribution in [3.63, 3.8) is 0 Å². The van der Waals surface area contributed by atoms with Gasteiger partial charge in [-0.2, -0.15) is 47.5 Å². The van der Waals surface area contributed by atoms with Gasteiger partial charge in [0.15, 0.2) is 0 Å². The van der Waals surface area contributed by atoms with Gasteiger partial charge in [0, 0.05) is 0 Å². The van der Waals surface area contributed by atoms with Crippen LogP contribution in [0.25, 0.3) is 11.1 Å². The van der Waals surface area contributed by atoms with Gasteiger partial charge in [-0.3, -0.25) is 0 Å². The van der Waals surface area contributed by atoms with Gasteiger partial charge in [0.05, 0.1) is 0 Å². The summed E-state index contributed by atoms with van der Waals surface area (Å²) < 4.78 is 0. The number of hydrogen-bond acceptors (Lipinski definition) is 0. The molecule has 0 aliphatic heterocycles. The van der Waals surface area contributed by atoms with E-state index in [1.54, 1.807) is 0 Å². The number of hydrogen-bond donors (Lipinski definition) is 0. The third-order valence-corrected chi connectivity index (χ3v) is 3.45. The first-order valence-corrected chi connectivity index (χ1v) is 12.7. The molecule has 0 radical (unpaired) electrons. The summed E-state index contributed by atoms with van der Waals surface area (Å²) in [6.45, 7) is 6.62. The van der Waals surface area contributed by atoms with Gasteiger partial charge >= 0.3 is 38.5 Å². The van der Waals surface area contributed by atoms with Crippen molar-refractivity contribution in [2.75, 3.05) is 0 Å². The summed E-state index contributed by atoms with van der Waals surface area (Å²) >= 11 is 2.27. The van der Waals surface area contributed by atoms with Gasteiger partial charge in [0.1, 0.15) is 0 Å². The molecule has 4 rings (SSSR count). The molecule has 0 spiro atoms. The number of rotatable bonds is 0. The molecular weight excluding hydrogens is 399 g/mol. The van der Waals surface area contributed by atoms with Gasteiger partial charge in [-0.25, -0.2) is 12.1 Å². The van der Waals surface area contributed by atoms with Gasteiger partial charge in [0.2, 0.25) is 0 Å². The molecule has 0 saturated heterocycles. The Hall–Kier alpha value is -0.699. The van der Waals surface area contributed by atoms with Crippen LogP contribution < -0.4 is 24.8 Å². The van der Waals surface area contributed by atoms with E-state index in [0.29, 0.717) is 0 Å². The molecule has 0 unspecified atom stereocenters. The van der Waals surface area contributed by atoms with Gasteiger partial charge in [-0.1, -0.05) is 42.3 Å². The van der Waals surface area contributed by atoms with Crippen LogP contribution in [0.5, 0.6) is 0 Å². The predicted octanol–water partition coefficient (Wildman–Crippen LogP) is -0.436. The fourth-order valence-corrected chi connectivity index (χ4v) is 2.47. The van der Waals surface area contributed by atoms with Crippen molar-refractivity contribution in [1.29, 1.82) is 0 Å². The van der Waals surface area contributed by atoms with Gasteiger partial charge in [-0.05, 0) is 6.42 Å². The zero-order valence-electron chi connectivity index (χ0n) is 14.8. The largest absolute Gasteiger partial charge is 1.00 e. The molecule has 3 aromatic carbocycles. The maximum Gasteiger partial charge on any atom is -0.0253 e. The molecule has 0 fully saturated rings. The van der Waals surface area contributed by atoms with Crippen molar-refractivity contribution >= 4 is 6.19 Å². The number of aryl methyl sites for hydroxylation is 1. The van der Waals surface area contributed by atoms with Crippen LogP contribution in [-0.4, -0.2) is 6.19 Å². The van der Waals surface area contributed by atoms with Crippen LogP contribution in [0.3, 0.4) is 0 Å². The van der Waals surface area contributed by atoms with Gasteiger partial charge in [-0.15, -0.1) is 5.56 Å². The van der Waals surface area contributed by atoms with E-state index >= 15 is 0 Å². The summed E-state index contributed by atoms with van der Waals surface area (Å²) in [5.74, 6) is 0. The third-order valence-electron chi connectivity index (χ3n) is 3.45. The average Bonchev–Trinajstić information content (AvgIpc) is 3.13. The minimum atomic E-state index is 0. The Balaban J connectivity index is 0.000000410. The topological polar surface area (TPSA) is 0 Å². The molecule has 0 amide bonds. The van der Waals surface area contributed by atoms with E-state index in [1.807, 2.05) is 18.2 Å². The fraction of sp³-hybridized carbons (Fsp3) is 0.190. The summed E-state index contributed by atoms with van der Waals surface area (Å²) in [5, 5.41) is 0. The van der Waals surface area contributed by atoms with Gasteiger partial charge in [0.25, 0.3) is 0 Å². The van der Waals surface area contributed by atoms with E-state index in [4.69, 9.17) is 0 Å². The first-order valence-electron chi connectivity index (χ1n) is 7.86. The number of fused-ring (bicyclic) bond motifs is 3. The van der Waals surface area contributed by atoms with Crippen LogP contribution in [0.4, 0.5) is 0 Å². The van der Waals surface area contributed by atoms with Crippen LogP contribution in [0, 0.1) is 13.0 Å². The summed E-state index contributed by atoms with van der Waals surface area (Å²) in [6.07, 6.45) is 1.17. The van der Waals surface area contributed by atoms with E-state index in [9.17, 15) is 0 Å². The van der Waals surface area contributed by atoms with Crippen LogP contribution in [0.15, 0.2) is 66.7 Å². The molecule has 130 valence electrons. The standard InChI is InChI=1S/C13H9.C6H7.C2H6Si.2ClH.Ti/c1-3-7-12-10(5-1)9-11-6-2-4-8-13(11)12;1-6-4-2-3-5-6;1-3-2;;;/h1-5,7-8H,9H2;2-5H,1H3;1-2H3;2*1H;/q2*-1;;;;+2/p-2. The van der Waals surface area contributed by atoms with Crippen molar-refractivity contribution in [3.8, 4) is 11.1 Å². The molecule has 1 aliphatic carbocycles. The summed E-state index contributed by atoms with van der Waals surface area (Å²) in [5.41, 5.74) is 6.85. The van der Waals surface area contributed by atoms with Crippen LogP contribution in [0.1, 0.15) is 16.7 Å². The van der Waals surface area contributed by atoms with E-state index in [2.05, 4.69) is 93.8 Å². The Morgan fingerprint density at radius 3 is 2.16 bits per heavy atom. The van der Waals surface area contributed by atoms with Gasteiger partial charge < -0.3 is 24.8 Å². The molecule has 0 atom stereocenters. The van der Waals surface area contributed by atoms with E-state index < -0.39 is 0 Å². The minimum Gasteiger partial charge on any atom is -1.00 e. The SMILES string of the molecule is C[Si](C)=[Ti+2].Cc1ccc[cH-]1.[Cl-].[Cl-].[c-]1cccc2c1Cc1ccccc1-2. The van der Waals surface area contributed by atoms with Crippen molar-refractivity contribution < 1.29 is 44.0 Å². The normalized spacial score (nSPS) is 9.64. The van der Waals surface area contributed by atoms with Crippen LogP contribution in [-0.2, 0) is 25.6 Å². The quantitative estimate of drug-likeness (QED) is 0.267. The smallest absolute Gasteiger partial charge is 0.0253 e. The molecule has 0 N–H and O–H groups in total. The Labute approximate surface area is 176 Å². The number of halogens is 2. The Kier molecular flexibility index (Phi) is 12.3. The zero-order valence-corrected chi connectivity index (χ0v) is 18.9. The second-order valence-electron chi connectivity index (χ2n) is 5.86. The zero-order chi connectivity index (χ0) is 16.7. The molecule has 0 aromatic heterocycles. The van der Waals surface area contributed by atoms with Crippen LogP contribution in [0.2, 0.25) is 13.1 Å². The Morgan fingerprint density at radius 2 is 1.60 bits per heavy atom. The Bertz CT molecular complexity index is 720. The van der Waals surface area contributed by atoms with Crippen molar-refractivity contribution in [2.24, 2.45) is 0 Å². The van der Waals surface area contributed by atoms with Crippen LogP contribution >= 0.6 is 0 Å². The van der Waals surface area contributed by atoms with E-state index in [0.717, 1.165) is 6.42 Å². The first kappa shape index (κ1) is 24.3. The molecule has 3 aromatic rings. The predicted molar refractivity (Wildman–Crippen MR) is 97.8 cm³/mol. The van der Waals surface area contributed by atoms with Crippen molar-refractivity contribution in [1.82, 2.24) is 0 Å². The molecule has 0 saturated carbocycles. The average molecular weight is 421 g/mol. The molecule has 25 heavy (non-hydrogen) atoms. The van der Waals surface area contributed by atoms with E-state index in [-0.39, 0.29) is 31.0 Å². The van der Waals surface area contributed by atoms with Crippen molar-refractivity contribution in [3.05, 3.63) is 89.5 Å². The number of benzene rings is 2. The third kappa shape index (κ3) is 8.02. The molecule has 0 nitrogen and oxygen atoms in total. The van der Waals surface area contributed by atoms with Crippen molar-refractivity contribution in [2.45, 2.75) is 26.4 Å².